The first-order chi connectivity index (χ1) is 5.18. The minimum Gasteiger partial charge on any atom is -0.544 e. The van der Waals surface area contributed by atoms with Gasteiger partial charge in [-0.2, -0.15) is 11.8 Å². The van der Waals surface area contributed by atoms with Crippen molar-refractivity contribution in [2.45, 2.75) is 13.0 Å². The first-order valence-electron chi connectivity index (χ1n) is 3.41. The van der Waals surface area contributed by atoms with Crippen molar-refractivity contribution in [1.82, 2.24) is 0 Å². The Morgan fingerprint density at radius 3 is 2.91 bits per heavy atom. The third kappa shape index (κ3) is 5.94. The quantitative estimate of drug-likeness (QED) is 0.415. The van der Waals surface area contributed by atoms with Crippen LogP contribution in [0.1, 0.15) is 6.92 Å². The summed E-state index contributed by atoms with van der Waals surface area (Å²) in [7, 11) is 0. The number of hydrogen-bond donors (Lipinski definition) is 1. The van der Waals surface area contributed by atoms with Crippen molar-refractivity contribution in [3.63, 3.8) is 0 Å². The van der Waals surface area contributed by atoms with Crippen LogP contribution in [0.15, 0.2) is 12.2 Å². The van der Waals surface area contributed by atoms with Crippen LogP contribution < -0.4 is 10.8 Å². The van der Waals surface area contributed by atoms with Gasteiger partial charge in [0.25, 0.3) is 0 Å². The first-order valence-corrected chi connectivity index (χ1v) is 4.56. The van der Waals surface area contributed by atoms with Gasteiger partial charge >= 0.3 is 0 Å². The lowest BCUT2D eigenvalue weighted by atomic mass is 10.4. The molecule has 0 aliphatic carbocycles. The number of carbonyl (C=O) groups is 1. The second-order valence-electron chi connectivity index (χ2n) is 2.12. The highest BCUT2D eigenvalue weighted by Gasteiger charge is 2.04. The van der Waals surface area contributed by atoms with E-state index in [2.05, 4.69) is 5.73 Å². The third-order valence-electron chi connectivity index (χ3n) is 1.10. The molecule has 0 saturated heterocycles. The number of thioether (sulfide) groups is 1. The third-order valence-corrected chi connectivity index (χ3v) is 2.17. The van der Waals surface area contributed by atoms with Gasteiger partial charge in [-0.05, 0) is 6.92 Å². The van der Waals surface area contributed by atoms with Gasteiger partial charge < -0.3 is 15.6 Å². The topological polar surface area (TPSA) is 67.8 Å². The molecule has 0 rings (SSSR count). The number of carboxylic acids is 1. The lowest BCUT2D eigenvalue weighted by Gasteiger charge is -2.06. The molecule has 0 aliphatic heterocycles. The summed E-state index contributed by atoms with van der Waals surface area (Å²) in [4.78, 5) is 10.2. The van der Waals surface area contributed by atoms with E-state index in [0.717, 1.165) is 5.75 Å². The van der Waals surface area contributed by atoms with Gasteiger partial charge in [-0.1, -0.05) is 12.2 Å². The lowest BCUT2D eigenvalue weighted by molar-refractivity contribution is -0.431. The summed E-state index contributed by atoms with van der Waals surface area (Å²) in [5, 5.41) is 10.2. The minimum absolute atomic E-state index is 0.521. The molecular formula is C7H13NO2S. The van der Waals surface area contributed by atoms with Gasteiger partial charge in [0.05, 0.1) is 11.7 Å². The molecule has 0 unspecified atom stereocenters. The van der Waals surface area contributed by atoms with Crippen LogP contribution in [0.2, 0.25) is 0 Å². The molecule has 4 heteroatoms. The number of aliphatic carboxylic acids is 1. The van der Waals surface area contributed by atoms with Gasteiger partial charge in [-0.15, -0.1) is 0 Å². The number of carbonyl (C=O) groups excluding carboxylic acids is 1. The lowest BCUT2D eigenvalue weighted by Crippen LogP contribution is -2.69. The molecule has 0 aromatic carbocycles. The highest BCUT2D eigenvalue weighted by atomic mass is 32.2. The van der Waals surface area contributed by atoms with Crippen molar-refractivity contribution in [3.8, 4) is 0 Å². The molecule has 0 aromatic rings. The smallest absolute Gasteiger partial charge is 0.134 e. The molecule has 0 amide bonds. The molecule has 0 bridgehead atoms. The van der Waals surface area contributed by atoms with Crippen molar-refractivity contribution in [1.29, 1.82) is 0 Å². The van der Waals surface area contributed by atoms with Crippen molar-refractivity contribution in [2.24, 2.45) is 0 Å². The van der Waals surface area contributed by atoms with Crippen LogP contribution in [0.3, 0.4) is 0 Å². The zero-order chi connectivity index (χ0) is 8.69. The molecule has 11 heavy (non-hydrogen) atoms. The molecular weight excluding hydrogens is 162 g/mol. The van der Waals surface area contributed by atoms with Crippen molar-refractivity contribution >= 4 is 17.7 Å². The number of rotatable bonds is 5. The van der Waals surface area contributed by atoms with E-state index in [1.807, 2.05) is 19.1 Å². The molecule has 0 radical (unpaired) electrons. The Hall–Kier alpha value is -0.480. The molecule has 0 saturated carbocycles. The van der Waals surface area contributed by atoms with Gasteiger partial charge in [0, 0.05) is 5.75 Å². The summed E-state index contributed by atoms with van der Waals surface area (Å²) >= 11 is 1.54. The summed E-state index contributed by atoms with van der Waals surface area (Å²) in [6.07, 6.45) is 3.91. The highest BCUT2D eigenvalue weighted by Crippen LogP contribution is 2.00. The van der Waals surface area contributed by atoms with Crippen LogP contribution in [-0.4, -0.2) is 23.5 Å². The molecule has 0 spiro atoms. The largest absolute Gasteiger partial charge is 0.544 e. The monoisotopic (exact) mass is 175 g/mol. The Kier molecular flexibility index (Phi) is 5.97. The molecule has 1 atom stereocenters. The summed E-state index contributed by atoms with van der Waals surface area (Å²) in [6, 6.07) is -0.592. The second kappa shape index (κ2) is 6.24. The summed E-state index contributed by atoms with van der Waals surface area (Å²) < 4.78 is 0. The normalized spacial score (nSPS) is 13.6. The van der Waals surface area contributed by atoms with E-state index in [4.69, 9.17) is 0 Å². The van der Waals surface area contributed by atoms with Crippen LogP contribution in [0.25, 0.3) is 0 Å². The van der Waals surface area contributed by atoms with Gasteiger partial charge in [0.1, 0.15) is 6.04 Å². The first kappa shape index (κ1) is 10.5. The average Bonchev–Trinajstić information content (AvgIpc) is 1.97. The maximum Gasteiger partial charge on any atom is 0.134 e. The highest BCUT2D eigenvalue weighted by molar-refractivity contribution is 7.99. The molecule has 0 aliphatic rings. The SMILES string of the molecule is C/C=C/CSC[C@H]([NH3+])C(=O)[O-]. The maximum absolute atomic E-state index is 10.2. The predicted molar refractivity (Wildman–Crippen MR) is 43.8 cm³/mol. The Bertz CT molecular complexity index is 147. The molecule has 0 aromatic heterocycles. The van der Waals surface area contributed by atoms with Gasteiger partial charge in [-0.3, -0.25) is 0 Å². The Balaban J connectivity index is 3.31. The van der Waals surface area contributed by atoms with Crippen LogP contribution in [0.5, 0.6) is 0 Å². The fourth-order valence-corrected chi connectivity index (χ4v) is 1.33. The van der Waals surface area contributed by atoms with E-state index in [0.29, 0.717) is 5.75 Å². The van der Waals surface area contributed by atoms with Crippen LogP contribution in [0, 0.1) is 0 Å². The van der Waals surface area contributed by atoms with E-state index in [-0.39, 0.29) is 0 Å². The standard InChI is InChI=1S/C7H13NO2S/c1-2-3-4-11-5-6(8)7(9)10/h2-3,6H,4-5,8H2,1H3,(H,9,10)/b3-2+/t6-/m0/s1. The fourth-order valence-electron chi connectivity index (χ4n) is 0.443. The minimum atomic E-state index is -1.07. The van der Waals surface area contributed by atoms with Gasteiger partial charge in [0.15, 0.2) is 0 Å². The zero-order valence-electron chi connectivity index (χ0n) is 6.58. The number of carboxylic acid groups (broad SMARTS) is 1. The summed E-state index contributed by atoms with van der Waals surface area (Å²) in [6.45, 7) is 1.93. The Labute approximate surface area is 70.7 Å². The van der Waals surface area contributed by atoms with Gasteiger partial charge in [0.2, 0.25) is 0 Å². The number of quaternary nitrogens is 1. The summed E-state index contributed by atoms with van der Waals surface area (Å²) in [5.74, 6) is 0.292. The van der Waals surface area contributed by atoms with E-state index in [1.165, 1.54) is 0 Å². The van der Waals surface area contributed by atoms with E-state index < -0.39 is 12.0 Å². The van der Waals surface area contributed by atoms with Crippen LogP contribution in [0.4, 0.5) is 0 Å². The van der Waals surface area contributed by atoms with Crippen molar-refractivity contribution in [3.05, 3.63) is 12.2 Å². The van der Waals surface area contributed by atoms with Crippen LogP contribution >= 0.6 is 11.8 Å². The van der Waals surface area contributed by atoms with Gasteiger partial charge in [-0.25, -0.2) is 0 Å². The Morgan fingerprint density at radius 2 is 2.45 bits per heavy atom. The van der Waals surface area contributed by atoms with Crippen molar-refractivity contribution < 1.29 is 15.6 Å². The predicted octanol–water partition coefficient (Wildman–Crippen LogP) is -1.34. The molecule has 0 fully saturated rings. The molecule has 0 heterocycles. The number of allylic oxidation sites excluding steroid dienone is 1. The summed E-state index contributed by atoms with van der Waals surface area (Å²) in [5.41, 5.74) is 3.43. The van der Waals surface area contributed by atoms with E-state index >= 15 is 0 Å². The fraction of sp³-hybridized carbons (Fsp3) is 0.571. The van der Waals surface area contributed by atoms with E-state index in [9.17, 15) is 9.90 Å². The molecule has 3 nitrogen and oxygen atoms in total. The van der Waals surface area contributed by atoms with E-state index in [1.54, 1.807) is 11.8 Å². The molecule has 3 N–H and O–H groups in total. The molecule has 64 valence electrons. The number of hydrogen-bond acceptors (Lipinski definition) is 3. The van der Waals surface area contributed by atoms with Crippen LogP contribution in [-0.2, 0) is 4.79 Å². The second-order valence-corrected chi connectivity index (χ2v) is 3.20. The zero-order valence-corrected chi connectivity index (χ0v) is 7.39. The Morgan fingerprint density at radius 1 is 1.82 bits per heavy atom. The average molecular weight is 175 g/mol. The van der Waals surface area contributed by atoms with Crippen molar-refractivity contribution in [2.75, 3.05) is 11.5 Å². The maximum atomic E-state index is 10.2.